The van der Waals surface area contributed by atoms with E-state index in [1.807, 2.05) is 12.1 Å². The predicted octanol–water partition coefficient (Wildman–Crippen LogP) is 4.34. The molecule has 1 aromatic heterocycles. The first-order valence-electron chi connectivity index (χ1n) is 9.44. The van der Waals surface area contributed by atoms with Crippen LogP contribution in [0, 0.1) is 0 Å². The first-order valence-corrected chi connectivity index (χ1v) is 10.3. The number of benzene rings is 1. The van der Waals surface area contributed by atoms with Crippen LogP contribution in [0.1, 0.15) is 54.0 Å². The van der Waals surface area contributed by atoms with E-state index in [9.17, 15) is 4.79 Å². The average Bonchev–Trinajstić information content (AvgIpc) is 3.04. The largest absolute Gasteiger partial charge is 0.494 e. The van der Waals surface area contributed by atoms with Crippen molar-refractivity contribution in [1.82, 2.24) is 9.88 Å². The fourth-order valence-electron chi connectivity index (χ4n) is 3.02. The lowest BCUT2D eigenvalue weighted by molar-refractivity contribution is 0.102. The van der Waals surface area contributed by atoms with E-state index in [-0.39, 0.29) is 5.91 Å². The van der Waals surface area contributed by atoms with Crippen molar-refractivity contribution in [2.75, 3.05) is 25.0 Å². The second kappa shape index (κ2) is 9.14. The van der Waals surface area contributed by atoms with E-state index in [0.717, 1.165) is 56.8 Å². The molecule has 0 saturated heterocycles. The first kappa shape index (κ1) is 18.9. The van der Waals surface area contributed by atoms with Gasteiger partial charge in [-0.25, -0.2) is 4.98 Å². The van der Waals surface area contributed by atoms with Crippen molar-refractivity contribution in [3.8, 4) is 5.75 Å². The van der Waals surface area contributed by atoms with E-state index >= 15 is 0 Å². The molecule has 0 radical (unpaired) electrons. The van der Waals surface area contributed by atoms with Crippen LogP contribution in [-0.2, 0) is 13.0 Å². The van der Waals surface area contributed by atoms with Crippen molar-refractivity contribution >= 4 is 22.4 Å². The number of nitrogens with zero attached hydrogens (tertiary/aromatic N) is 2. The topological polar surface area (TPSA) is 54.5 Å². The van der Waals surface area contributed by atoms with Gasteiger partial charge in [0.15, 0.2) is 5.13 Å². The van der Waals surface area contributed by atoms with Crippen LogP contribution >= 0.6 is 11.3 Å². The Morgan fingerprint density at radius 1 is 1.27 bits per heavy atom. The maximum atomic E-state index is 12.5. The van der Waals surface area contributed by atoms with Gasteiger partial charge in [-0.05, 0) is 43.7 Å². The number of anilines is 1. The minimum absolute atomic E-state index is 0.124. The molecule has 26 heavy (non-hydrogen) atoms. The number of aromatic nitrogens is 1. The Hall–Kier alpha value is -1.92. The molecule has 1 N–H and O–H groups in total. The minimum Gasteiger partial charge on any atom is -0.494 e. The van der Waals surface area contributed by atoms with Gasteiger partial charge >= 0.3 is 0 Å². The maximum Gasteiger partial charge on any atom is 0.257 e. The molecule has 0 bridgehead atoms. The smallest absolute Gasteiger partial charge is 0.257 e. The molecule has 1 aliphatic heterocycles. The third-order valence-corrected chi connectivity index (χ3v) is 5.45. The van der Waals surface area contributed by atoms with Crippen LogP contribution in [0.15, 0.2) is 24.3 Å². The number of carbonyl (C=O) groups excluding carboxylic acids is 1. The molecule has 0 saturated carbocycles. The molecule has 140 valence electrons. The number of thiazole rings is 1. The van der Waals surface area contributed by atoms with Crippen molar-refractivity contribution in [1.29, 1.82) is 0 Å². The standard InChI is InChI=1S/C20H27N3O2S/c1-3-5-13-25-16-8-6-15(7-9-16)19(24)22-20-21-17-10-12-23(11-4-2)14-18(17)26-20/h6-9H,3-5,10-14H2,1-2H3,(H,21,22,24). The second-order valence-corrected chi connectivity index (χ2v) is 7.68. The number of carbonyl (C=O) groups is 1. The molecule has 1 aromatic carbocycles. The summed E-state index contributed by atoms with van der Waals surface area (Å²) >= 11 is 1.60. The fourth-order valence-corrected chi connectivity index (χ4v) is 4.06. The maximum absolute atomic E-state index is 12.5. The van der Waals surface area contributed by atoms with Gasteiger partial charge in [-0.3, -0.25) is 15.0 Å². The summed E-state index contributed by atoms with van der Waals surface area (Å²) in [7, 11) is 0. The SMILES string of the molecule is CCCCOc1ccc(C(=O)Nc2nc3c(s2)CN(CCC)CC3)cc1. The number of amides is 1. The minimum atomic E-state index is -0.124. The number of hydrogen-bond donors (Lipinski definition) is 1. The molecule has 1 amide bonds. The zero-order valence-electron chi connectivity index (χ0n) is 15.6. The molecule has 0 atom stereocenters. The lowest BCUT2D eigenvalue weighted by atomic mass is 10.2. The van der Waals surface area contributed by atoms with Gasteiger partial charge in [-0.2, -0.15) is 0 Å². The Morgan fingerprint density at radius 2 is 2.08 bits per heavy atom. The Bertz CT molecular complexity index is 727. The quantitative estimate of drug-likeness (QED) is 0.699. The summed E-state index contributed by atoms with van der Waals surface area (Å²) in [5.74, 6) is 0.678. The van der Waals surface area contributed by atoms with Gasteiger partial charge < -0.3 is 4.74 Å². The van der Waals surface area contributed by atoms with Gasteiger partial charge in [0, 0.05) is 30.0 Å². The van der Waals surface area contributed by atoms with E-state index in [0.29, 0.717) is 17.3 Å². The molecule has 3 rings (SSSR count). The average molecular weight is 374 g/mol. The van der Waals surface area contributed by atoms with Crippen molar-refractivity contribution in [2.45, 2.75) is 46.1 Å². The van der Waals surface area contributed by atoms with Crippen LogP contribution in [-0.4, -0.2) is 35.5 Å². The van der Waals surface area contributed by atoms with Crippen LogP contribution in [0.4, 0.5) is 5.13 Å². The van der Waals surface area contributed by atoms with Gasteiger partial charge in [-0.15, -0.1) is 11.3 Å². The summed E-state index contributed by atoms with van der Waals surface area (Å²) in [4.78, 5) is 20.8. The van der Waals surface area contributed by atoms with Crippen LogP contribution in [0.5, 0.6) is 5.75 Å². The van der Waals surface area contributed by atoms with E-state index < -0.39 is 0 Å². The van der Waals surface area contributed by atoms with Gasteiger partial charge in [0.25, 0.3) is 5.91 Å². The van der Waals surface area contributed by atoms with E-state index in [1.54, 1.807) is 23.5 Å². The molecule has 6 heteroatoms. The number of nitrogens with one attached hydrogen (secondary N) is 1. The zero-order valence-corrected chi connectivity index (χ0v) is 16.4. The van der Waals surface area contributed by atoms with Crippen LogP contribution < -0.4 is 10.1 Å². The Labute approximate surface area is 159 Å². The summed E-state index contributed by atoms with van der Waals surface area (Å²) in [6, 6.07) is 7.29. The monoisotopic (exact) mass is 373 g/mol. The van der Waals surface area contributed by atoms with Gasteiger partial charge in [-0.1, -0.05) is 20.3 Å². The molecule has 2 aromatic rings. The third kappa shape index (κ3) is 4.83. The summed E-state index contributed by atoms with van der Waals surface area (Å²) in [5, 5.41) is 3.64. The summed E-state index contributed by atoms with van der Waals surface area (Å²) in [5.41, 5.74) is 1.76. The third-order valence-electron chi connectivity index (χ3n) is 4.45. The van der Waals surface area contributed by atoms with E-state index in [2.05, 4.69) is 29.0 Å². The van der Waals surface area contributed by atoms with Crippen molar-refractivity contribution < 1.29 is 9.53 Å². The number of rotatable bonds is 8. The summed E-state index contributed by atoms with van der Waals surface area (Å²) in [6.07, 6.45) is 4.27. The molecule has 0 unspecified atom stereocenters. The lowest BCUT2D eigenvalue weighted by Gasteiger charge is -2.24. The second-order valence-electron chi connectivity index (χ2n) is 6.60. The molecule has 5 nitrogen and oxygen atoms in total. The Balaban J connectivity index is 1.58. The molecule has 2 heterocycles. The highest BCUT2D eigenvalue weighted by molar-refractivity contribution is 7.15. The fraction of sp³-hybridized carbons (Fsp3) is 0.500. The number of ether oxygens (including phenoxy) is 1. The summed E-state index contributed by atoms with van der Waals surface area (Å²) < 4.78 is 5.64. The summed E-state index contributed by atoms with van der Waals surface area (Å²) in [6.45, 7) is 8.16. The normalized spacial score (nSPS) is 14.1. The van der Waals surface area contributed by atoms with Gasteiger partial charge in [0.1, 0.15) is 5.75 Å². The highest BCUT2D eigenvalue weighted by atomic mass is 32.1. The van der Waals surface area contributed by atoms with Crippen LogP contribution in [0.25, 0.3) is 0 Å². The molecular weight excluding hydrogens is 346 g/mol. The number of fused-ring (bicyclic) bond motifs is 1. The van der Waals surface area contributed by atoms with Gasteiger partial charge in [0.2, 0.25) is 0 Å². The van der Waals surface area contributed by atoms with Crippen molar-refractivity contribution in [3.63, 3.8) is 0 Å². The predicted molar refractivity (Wildman–Crippen MR) is 106 cm³/mol. The van der Waals surface area contributed by atoms with Crippen LogP contribution in [0.2, 0.25) is 0 Å². The number of hydrogen-bond acceptors (Lipinski definition) is 5. The molecule has 0 spiro atoms. The molecular formula is C20H27N3O2S. The lowest BCUT2D eigenvalue weighted by Crippen LogP contribution is -2.30. The van der Waals surface area contributed by atoms with E-state index in [4.69, 9.17) is 4.74 Å². The molecule has 0 aliphatic carbocycles. The van der Waals surface area contributed by atoms with Gasteiger partial charge in [0.05, 0.1) is 12.3 Å². The van der Waals surface area contributed by atoms with Crippen molar-refractivity contribution in [3.05, 3.63) is 40.4 Å². The van der Waals surface area contributed by atoms with E-state index in [1.165, 1.54) is 4.88 Å². The highest BCUT2D eigenvalue weighted by Gasteiger charge is 2.21. The zero-order chi connectivity index (χ0) is 18.4. The van der Waals surface area contributed by atoms with Crippen LogP contribution in [0.3, 0.4) is 0 Å². The molecule has 1 aliphatic rings. The Morgan fingerprint density at radius 3 is 2.81 bits per heavy atom. The molecule has 0 fully saturated rings. The first-order chi connectivity index (χ1) is 12.7. The van der Waals surface area contributed by atoms with Crippen molar-refractivity contribution in [2.24, 2.45) is 0 Å². The number of unbranched alkanes of at least 4 members (excludes halogenated alkanes) is 1. The Kier molecular flexibility index (Phi) is 6.63. The highest BCUT2D eigenvalue weighted by Crippen LogP contribution is 2.28.